The first-order chi connectivity index (χ1) is 7.40. The van der Waals surface area contributed by atoms with Crippen LogP contribution in [0, 0.1) is 0 Å². The fourth-order valence-electron chi connectivity index (χ4n) is 1.50. The molecule has 7 nitrogen and oxygen atoms in total. The lowest BCUT2D eigenvalue weighted by Gasteiger charge is -2.41. The number of aliphatic hydroxyl groups is 6. The first-order valence-corrected chi connectivity index (χ1v) is 5.26. The molecule has 0 aromatic heterocycles. The number of thiol groups is 1. The summed E-state index contributed by atoms with van der Waals surface area (Å²) in [5.74, 6) is 0. The monoisotopic (exact) mass is 256 g/mol. The molecule has 0 spiro atoms. The predicted molar refractivity (Wildman–Crippen MR) is 54.8 cm³/mol. The van der Waals surface area contributed by atoms with Crippen LogP contribution < -0.4 is 0 Å². The molecule has 0 radical (unpaired) electrons. The Kier molecular flexibility index (Phi) is 4.95. The van der Waals surface area contributed by atoms with E-state index in [0.717, 1.165) is 0 Å². The molecule has 0 amide bonds. The standard InChI is InChI=1S/C8H16O7S/c9-1-2(10)3(11)7-5(13)4(12)6(14)8(16)15-7/h2-14,16H,1H2/t2-,3+,4-,5+,6+,7+,8-/m0/s1. The highest BCUT2D eigenvalue weighted by atomic mass is 32.1. The van der Waals surface area contributed by atoms with Gasteiger partial charge in [0, 0.05) is 0 Å². The van der Waals surface area contributed by atoms with Gasteiger partial charge in [0.25, 0.3) is 0 Å². The van der Waals surface area contributed by atoms with Crippen molar-refractivity contribution in [3.8, 4) is 0 Å². The number of rotatable bonds is 3. The van der Waals surface area contributed by atoms with Gasteiger partial charge >= 0.3 is 0 Å². The molecule has 0 bridgehead atoms. The lowest BCUT2D eigenvalue weighted by atomic mass is 9.94. The van der Waals surface area contributed by atoms with Crippen LogP contribution in [0.1, 0.15) is 0 Å². The van der Waals surface area contributed by atoms with Crippen LogP contribution in [-0.2, 0) is 4.74 Å². The van der Waals surface area contributed by atoms with Gasteiger partial charge < -0.3 is 35.4 Å². The Morgan fingerprint density at radius 2 is 1.62 bits per heavy atom. The second-order valence-corrected chi connectivity index (χ2v) is 4.21. The second-order valence-electron chi connectivity index (χ2n) is 3.70. The number of hydrogen-bond acceptors (Lipinski definition) is 8. The average molecular weight is 256 g/mol. The first-order valence-electron chi connectivity index (χ1n) is 4.75. The molecule has 7 atom stereocenters. The third-order valence-electron chi connectivity index (χ3n) is 2.54. The zero-order valence-electron chi connectivity index (χ0n) is 8.29. The second kappa shape index (κ2) is 5.61. The highest BCUT2D eigenvalue weighted by Crippen LogP contribution is 2.26. The highest BCUT2D eigenvalue weighted by Gasteiger charge is 2.46. The van der Waals surface area contributed by atoms with Crippen molar-refractivity contribution in [1.82, 2.24) is 0 Å². The molecular formula is C8H16O7S. The molecule has 0 saturated carbocycles. The van der Waals surface area contributed by atoms with Crippen LogP contribution in [0.3, 0.4) is 0 Å². The molecule has 1 rings (SSSR count). The SMILES string of the molecule is OC[C@H](O)[C@@H](O)[C@H]1O[C@@H](S)[C@H](O)[C@@H](O)[C@H]1O. The van der Waals surface area contributed by atoms with Gasteiger partial charge in [-0.1, -0.05) is 0 Å². The average Bonchev–Trinajstić information content (AvgIpc) is 2.29. The minimum absolute atomic E-state index is 0.719. The Morgan fingerprint density at radius 1 is 1.06 bits per heavy atom. The van der Waals surface area contributed by atoms with Crippen LogP contribution in [0.15, 0.2) is 0 Å². The Hall–Kier alpha value is 0.0700. The van der Waals surface area contributed by atoms with Crippen molar-refractivity contribution in [2.75, 3.05) is 6.61 Å². The Morgan fingerprint density at radius 3 is 2.12 bits per heavy atom. The van der Waals surface area contributed by atoms with Crippen molar-refractivity contribution < 1.29 is 35.4 Å². The summed E-state index contributed by atoms with van der Waals surface area (Å²) in [5.41, 5.74) is -1.09. The predicted octanol–water partition coefficient (Wildman–Crippen LogP) is -3.56. The summed E-state index contributed by atoms with van der Waals surface area (Å²) in [6.07, 6.45) is -8.94. The van der Waals surface area contributed by atoms with Crippen molar-refractivity contribution in [2.45, 2.75) is 42.1 Å². The molecule has 8 heteroatoms. The summed E-state index contributed by atoms with van der Waals surface area (Å²) in [6.45, 7) is -0.719. The smallest absolute Gasteiger partial charge is 0.129 e. The van der Waals surface area contributed by atoms with Crippen molar-refractivity contribution in [2.24, 2.45) is 0 Å². The fourth-order valence-corrected chi connectivity index (χ4v) is 1.81. The molecule has 1 saturated heterocycles. The fraction of sp³-hybridized carbons (Fsp3) is 1.00. The van der Waals surface area contributed by atoms with E-state index in [1.807, 2.05) is 0 Å². The topological polar surface area (TPSA) is 131 Å². The maximum Gasteiger partial charge on any atom is 0.129 e. The van der Waals surface area contributed by atoms with Crippen molar-refractivity contribution in [3.05, 3.63) is 0 Å². The van der Waals surface area contributed by atoms with Crippen LogP contribution in [0.4, 0.5) is 0 Å². The highest BCUT2D eigenvalue weighted by molar-refractivity contribution is 7.80. The van der Waals surface area contributed by atoms with Gasteiger partial charge in [-0.05, 0) is 0 Å². The molecule has 96 valence electrons. The number of ether oxygens (including phenoxy) is 1. The van der Waals surface area contributed by atoms with Gasteiger partial charge in [-0.15, -0.1) is 12.6 Å². The summed E-state index contributed by atoms with van der Waals surface area (Å²) in [5, 5.41) is 55.5. The third kappa shape index (κ3) is 2.66. The molecule has 1 aliphatic heterocycles. The van der Waals surface area contributed by atoms with Crippen LogP contribution in [0.2, 0.25) is 0 Å². The van der Waals surface area contributed by atoms with E-state index in [1.165, 1.54) is 0 Å². The van der Waals surface area contributed by atoms with Crippen molar-refractivity contribution in [3.63, 3.8) is 0 Å². The summed E-state index contributed by atoms with van der Waals surface area (Å²) < 4.78 is 4.95. The summed E-state index contributed by atoms with van der Waals surface area (Å²) in [7, 11) is 0. The lowest BCUT2D eigenvalue weighted by Crippen LogP contribution is -2.61. The minimum Gasteiger partial charge on any atom is -0.394 e. The lowest BCUT2D eigenvalue weighted by molar-refractivity contribution is -0.232. The van der Waals surface area contributed by atoms with Gasteiger partial charge in [-0.3, -0.25) is 0 Å². The first kappa shape index (κ1) is 14.1. The summed E-state index contributed by atoms with van der Waals surface area (Å²) in [6, 6.07) is 0. The molecule has 1 fully saturated rings. The quantitative estimate of drug-likeness (QED) is 0.260. The Balaban J connectivity index is 2.73. The largest absolute Gasteiger partial charge is 0.394 e. The third-order valence-corrected chi connectivity index (χ3v) is 2.97. The maximum atomic E-state index is 9.52. The van der Waals surface area contributed by atoms with E-state index >= 15 is 0 Å². The molecule has 0 unspecified atom stereocenters. The Labute approximate surface area is 97.3 Å². The van der Waals surface area contributed by atoms with E-state index in [1.54, 1.807) is 0 Å². The molecule has 0 aromatic rings. The van der Waals surface area contributed by atoms with Gasteiger partial charge in [0.2, 0.25) is 0 Å². The van der Waals surface area contributed by atoms with Gasteiger partial charge in [-0.2, -0.15) is 0 Å². The zero-order valence-corrected chi connectivity index (χ0v) is 9.18. The van der Waals surface area contributed by atoms with Crippen LogP contribution >= 0.6 is 12.6 Å². The van der Waals surface area contributed by atoms with Gasteiger partial charge in [-0.25, -0.2) is 0 Å². The van der Waals surface area contributed by atoms with Crippen molar-refractivity contribution >= 4 is 12.6 Å². The van der Waals surface area contributed by atoms with E-state index < -0.39 is 48.7 Å². The molecule has 16 heavy (non-hydrogen) atoms. The van der Waals surface area contributed by atoms with Gasteiger partial charge in [0.1, 0.15) is 42.1 Å². The molecule has 6 N–H and O–H groups in total. The van der Waals surface area contributed by atoms with E-state index in [9.17, 15) is 25.5 Å². The van der Waals surface area contributed by atoms with E-state index in [-0.39, 0.29) is 0 Å². The van der Waals surface area contributed by atoms with Crippen LogP contribution in [0.25, 0.3) is 0 Å². The van der Waals surface area contributed by atoms with Gasteiger partial charge in [0.05, 0.1) is 6.61 Å². The normalized spacial score (nSPS) is 44.1. The summed E-state index contributed by atoms with van der Waals surface area (Å²) in [4.78, 5) is 0. The van der Waals surface area contributed by atoms with E-state index in [2.05, 4.69) is 12.6 Å². The molecule has 1 aliphatic rings. The Bertz CT molecular complexity index is 224. The van der Waals surface area contributed by atoms with Gasteiger partial charge in [0.15, 0.2) is 0 Å². The summed E-state index contributed by atoms with van der Waals surface area (Å²) >= 11 is 3.81. The minimum atomic E-state index is -1.59. The molecule has 1 heterocycles. The van der Waals surface area contributed by atoms with Crippen LogP contribution in [0.5, 0.6) is 0 Å². The van der Waals surface area contributed by atoms with Crippen LogP contribution in [-0.4, -0.2) is 79.3 Å². The molecular weight excluding hydrogens is 240 g/mol. The number of hydrogen-bond donors (Lipinski definition) is 7. The van der Waals surface area contributed by atoms with Crippen molar-refractivity contribution in [1.29, 1.82) is 0 Å². The molecule has 0 aromatic carbocycles. The maximum absolute atomic E-state index is 9.52. The molecule has 0 aliphatic carbocycles. The zero-order chi connectivity index (χ0) is 12.5. The van der Waals surface area contributed by atoms with E-state index in [0.29, 0.717) is 0 Å². The van der Waals surface area contributed by atoms with E-state index in [4.69, 9.17) is 9.84 Å². The number of aliphatic hydroxyl groups excluding tert-OH is 6.